The average molecular weight is 753 g/mol. The Balaban J connectivity index is 1.27. The number of urea groups is 1. The number of hydrogen-bond donors (Lipinski definition) is 3. The number of nitrogens with one attached hydrogen (secondary N) is 3. The van der Waals surface area contributed by atoms with E-state index in [0.29, 0.717) is 17.8 Å². The summed E-state index contributed by atoms with van der Waals surface area (Å²) < 4.78 is 12.2. The molecule has 2 aromatic rings. The number of piperazine rings is 1. The molecule has 0 radical (unpaired) electrons. The molecule has 15 nitrogen and oxygen atoms in total. The van der Waals surface area contributed by atoms with Crippen LogP contribution < -0.4 is 21.6 Å². The van der Waals surface area contributed by atoms with Gasteiger partial charge in [-0.1, -0.05) is 12.1 Å². The number of amides is 5. The van der Waals surface area contributed by atoms with Crippen LogP contribution in [0.3, 0.4) is 0 Å². The molecular weight excluding hydrogens is 692 g/mol. The van der Waals surface area contributed by atoms with Crippen LogP contribution in [0.4, 0.5) is 20.2 Å². The SMILES string of the molecule is CC(C)N(Cc1ccc(-n2ccc(NC(=O)N3CCN(C(=O)C(C)(C)NC(=O)OC(C)(C)C)CC3)nc2=O)cc1)C1CCC(NC(=O)OC(C)(C)C)CC1. The van der Waals surface area contributed by atoms with Crippen molar-refractivity contribution in [3.63, 3.8) is 0 Å². The zero-order valence-electron chi connectivity index (χ0n) is 33.7. The maximum Gasteiger partial charge on any atom is 0.408 e. The Morgan fingerprint density at radius 3 is 1.91 bits per heavy atom. The fourth-order valence-electron chi connectivity index (χ4n) is 6.71. The predicted molar refractivity (Wildman–Crippen MR) is 207 cm³/mol. The van der Waals surface area contributed by atoms with E-state index in [1.807, 2.05) is 45.0 Å². The Hall–Kier alpha value is -4.66. The van der Waals surface area contributed by atoms with Crippen LogP contribution in [-0.2, 0) is 20.8 Å². The smallest absolute Gasteiger partial charge is 0.408 e. The van der Waals surface area contributed by atoms with E-state index in [4.69, 9.17) is 9.47 Å². The van der Waals surface area contributed by atoms with Gasteiger partial charge in [-0.2, -0.15) is 4.98 Å². The lowest BCUT2D eigenvalue weighted by Crippen LogP contribution is -2.60. The standard InChI is InChI=1S/C39H60N8O7/c1-26(2)47(30-17-13-28(14-18-30)40-35(51)53-37(3,4)5)25-27-11-15-29(16-12-27)46-20-19-31(42-34(46)50)41-33(49)45-23-21-44(22-24-45)32(48)39(9,10)43-36(52)54-38(6,7)8/h11-12,15-16,19-20,26,28,30H,13-14,17-18,21-25H2,1-10H3,(H,40,51)(H,43,52)(H,41,42,49,50). The van der Waals surface area contributed by atoms with Crippen LogP contribution in [-0.4, -0.2) is 109 Å². The number of ether oxygens (including phenoxy) is 2. The number of carbonyl (C=O) groups excluding carboxylic acids is 4. The molecule has 298 valence electrons. The fraction of sp³-hybridized carbons (Fsp3) is 0.641. The minimum absolute atomic E-state index is 0.110. The quantitative estimate of drug-likeness (QED) is 0.310. The van der Waals surface area contributed by atoms with Gasteiger partial charge >= 0.3 is 23.9 Å². The topological polar surface area (TPSA) is 167 Å². The summed E-state index contributed by atoms with van der Waals surface area (Å²) in [6.07, 6.45) is 4.28. The van der Waals surface area contributed by atoms with Gasteiger partial charge in [-0.25, -0.2) is 19.2 Å². The largest absolute Gasteiger partial charge is 0.444 e. The Morgan fingerprint density at radius 1 is 0.815 bits per heavy atom. The Morgan fingerprint density at radius 2 is 1.37 bits per heavy atom. The third kappa shape index (κ3) is 12.2. The van der Waals surface area contributed by atoms with Gasteiger partial charge in [0.2, 0.25) is 5.91 Å². The first kappa shape index (κ1) is 42.1. The molecule has 15 heteroatoms. The molecule has 2 aliphatic rings. The van der Waals surface area contributed by atoms with Crippen molar-refractivity contribution in [2.24, 2.45) is 0 Å². The van der Waals surface area contributed by atoms with Gasteiger partial charge in [0.1, 0.15) is 22.6 Å². The number of alkyl carbamates (subject to hydrolysis) is 2. The van der Waals surface area contributed by atoms with Crippen molar-refractivity contribution in [2.45, 2.75) is 136 Å². The van der Waals surface area contributed by atoms with E-state index in [9.17, 15) is 24.0 Å². The second-order valence-corrected chi connectivity index (χ2v) is 17.0. The number of benzene rings is 1. The lowest BCUT2D eigenvalue weighted by molar-refractivity contribution is -0.138. The average Bonchev–Trinajstić information content (AvgIpc) is 3.05. The minimum Gasteiger partial charge on any atom is -0.444 e. The van der Waals surface area contributed by atoms with Crippen LogP contribution in [0.5, 0.6) is 0 Å². The van der Waals surface area contributed by atoms with Crippen molar-refractivity contribution in [1.82, 2.24) is 34.9 Å². The summed E-state index contributed by atoms with van der Waals surface area (Å²) >= 11 is 0. The summed E-state index contributed by atoms with van der Waals surface area (Å²) in [5, 5.41) is 8.36. The molecule has 0 bridgehead atoms. The predicted octanol–water partition coefficient (Wildman–Crippen LogP) is 5.26. The number of aromatic nitrogens is 2. The number of carbonyl (C=O) groups is 4. The van der Waals surface area contributed by atoms with Gasteiger partial charge in [0.25, 0.3) is 0 Å². The van der Waals surface area contributed by atoms with E-state index in [2.05, 4.69) is 39.7 Å². The van der Waals surface area contributed by atoms with E-state index in [-0.39, 0.29) is 50.0 Å². The molecule has 1 aliphatic heterocycles. The maximum atomic E-state index is 13.2. The van der Waals surface area contributed by atoms with Crippen LogP contribution in [0, 0.1) is 0 Å². The molecule has 4 rings (SSSR count). The van der Waals surface area contributed by atoms with E-state index in [0.717, 1.165) is 37.8 Å². The Bertz CT molecular complexity index is 1680. The molecule has 3 N–H and O–H groups in total. The van der Waals surface area contributed by atoms with E-state index in [1.54, 1.807) is 56.7 Å². The van der Waals surface area contributed by atoms with Crippen molar-refractivity contribution in [1.29, 1.82) is 0 Å². The lowest BCUT2D eigenvalue weighted by atomic mass is 9.89. The normalized spacial score (nSPS) is 18.3. The highest BCUT2D eigenvalue weighted by Gasteiger charge is 2.37. The second kappa shape index (κ2) is 17.2. The molecule has 0 spiro atoms. The van der Waals surface area contributed by atoms with Crippen LogP contribution in [0.2, 0.25) is 0 Å². The second-order valence-electron chi connectivity index (χ2n) is 17.0. The first-order valence-electron chi connectivity index (χ1n) is 18.9. The van der Waals surface area contributed by atoms with Crippen LogP contribution in [0.25, 0.3) is 5.69 Å². The van der Waals surface area contributed by atoms with Gasteiger partial charge in [-0.3, -0.25) is 19.6 Å². The van der Waals surface area contributed by atoms with Gasteiger partial charge in [0.15, 0.2) is 0 Å². The Kier molecular flexibility index (Phi) is 13.4. The monoisotopic (exact) mass is 752 g/mol. The number of nitrogens with zero attached hydrogens (tertiary/aromatic N) is 5. The van der Waals surface area contributed by atoms with Crippen LogP contribution in [0.15, 0.2) is 41.3 Å². The number of rotatable bonds is 9. The van der Waals surface area contributed by atoms with Crippen molar-refractivity contribution < 1.29 is 28.7 Å². The molecule has 1 aromatic heterocycles. The first-order chi connectivity index (χ1) is 25.1. The third-order valence-electron chi connectivity index (χ3n) is 9.37. The molecular formula is C39H60N8O7. The highest BCUT2D eigenvalue weighted by atomic mass is 16.6. The van der Waals surface area contributed by atoms with Crippen molar-refractivity contribution >= 4 is 29.9 Å². The van der Waals surface area contributed by atoms with Gasteiger partial charge in [0, 0.05) is 57.0 Å². The first-order valence-corrected chi connectivity index (χ1v) is 18.9. The fourth-order valence-corrected chi connectivity index (χ4v) is 6.71. The summed E-state index contributed by atoms with van der Waals surface area (Å²) in [7, 11) is 0. The highest BCUT2D eigenvalue weighted by Crippen LogP contribution is 2.27. The minimum atomic E-state index is -1.19. The van der Waals surface area contributed by atoms with Gasteiger partial charge in [0.05, 0.1) is 5.69 Å². The van der Waals surface area contributed by atoms with Gasteiger partial charge < -0.3 is 29.9 Å². The summed E-state index contributed by atoms with van der Waals surface area (Å²) in [5.41, 5.74) is -1.17. The molecule has 2 fully saturated rings. The van der Waals surface area contributed by atoms with Crippen molar-refractivity contribution in [3.8, 4) is 5.69 Å². The summed E-state index contributed by atoms with van der Waals surface area (Å²) in [6.45, 7) is 20.3. The number of hydrogen-bond acceptors (Lipinski definition) is 9. The molecule has 0 unspecified atom stereocenters. The van der Waals surface area contributed by atoms with Crippen LogP contribution >= 0.6 is 0 Å². The van der Waals surface area contributed by atoms with Crippen LogP contribution in [0.1, 0.15) is 100 Å². The van der Waals surface area contributed by atoms with Gasteiger partial charge in [-0.15, -0.1) is 0 Å². The van der Waals surface area contributed by atoms with E-state index < -0.39 is 34.6 Å². The third-order valence-corrected chi connectivity index (χ3v) is 9.37. The maximum absolute atomic E-state index is 13.2. The van der Waals surface area contributed by atoms with Gasteiger partial charge in [-0.05, 0) is 119 Å². The molecule has 1 saturated heterocycles. The molecule has 1 aromatic carbocycles. The van der Waals surface area contributed by atoms with E-state index >= 15 is 0 Å². The van der Waals surface area contributed by atoms with Crippen molar-refractivity contribution in [3.05, 3.63) is 52.6 Å². The molecule has 1 saturated carbocycles. The molecule has 1 aliphatic carbocycles. The summed E-state index contributed by atoms with van der Waals surface area (Å²) in [5.74, 6) is -0.153. The summed E-state index contributed by atoms with van der Waals surface area (Å²) in [6, 6.07) is 9.79. The lowest BCUT2D eigenvalue weighted by Gasteiger charge is -2.39. The molecule has 0 atom stereocenters. The number of anilines is 1. The Labute approximate surface area is 319 Å². The highest BCUT2D eigenvalue weighted by molar-refractivity contribution is 5.90. The van der Waals surface area contributed by atoms with Crippen molar-refractivity contribution in [2.75, 3.05) is 31.5 Å². The molecule has 54 heavy (non-hydrogen) atoms. The zero-order valence-corrected chi connectivity index (χ0v) is 33.7. The molecule has 2 heterocycles. The molecule has 5 amide bonds. The zero-order chi connectivity index (χ0) is 40.0. The van der Waals surface area contributed by atoms with E-state index in [1.165, 1.54) is 4.57 Å². The summed E-state index contributed by atoms with van der Waals surface area (Å²) in [4.78, 5) is 73.5.